The molecule has 0 amide bonds. The van der Waals surface area contributed by atoms with Crippen LogP contribution in [0, 0.1) is 18.8 Å². The van der Waals surface area contributed by atoms with Crippen LogP contribution in [0.15, 0.2) is 51.4 Å². The van der Waals surface area contributed by atoms with Crippen LogP contribution in [0.3, 0.4) is 0 Å². The standard InChI is InChI=1S/C29H45NO4/c1-18(2)14-22(6)27(32-9)23(7)17-21(5)16-20(4)15-19(3)12-13-25-24(8)26(31)28(33-10)29(30-25)34-11/h12,14,16-18,23,27H,13,15H2,1-11H3,(H,30,31)/t23-,27+/m0/s1. The van der Waals surface area contributed by atoms with E-state index in [0.29, 0.717) is 23.8 Å². The lowest BCUT2D eigenvalue weighted by molar-refractivity contribution is 0.103. The van der Waals surface area contributed by atoms with E-state index in [0.717, 1.165) is 12.1 Å². The fourth-order valence-corrected chi connectivity index (χ4v) is 4.45. The molecular weight excluding hydrogens is 426 g/mol. The van der Waals surface area contributed by atoms with Gasteiger partial charge in [-0.25, -0.2) is 0 Å². The molecule has 0 aliphatic heterocycles. The number of methoxy groups -OCH3 is 3. The fraction of sp³-hybridized carbons (Fsp3) is 0.552. The van der Waals surface area contributed by atoms with E-state index < -0.39 is 0 Å². The van der Waals surface area contributed by atoms with Crippen molar-refractivity contribution in [3.63, 3.8) is 0 Å². The molecule has 2 atom stereocenters. The molecule has 0 aliphatic carbocycles. The second-order valence-electron chi connectivity index (χ2n) is 9.63. The van der Waals surface area contributed by atoms with E-state index in [1.165, 1.54) is 36.5 Å². The highest BCUT2D eigenvalue weighted by molar-refractivity contribution is 5.40. The highest BCUT2D eigenvalue weighted by Crippen LogP contribution is 2.23. The molecule has 1 N–H and O–H groups in total. The first kappa shape index (κ1) is 29.5. The Hall–Kier alpha value is -2.53. The topological polar surface area (TPSA) is 60.5 Å². The number of H-pyrrole nitrogens is 1. The molecule has 5 nitrogen and oxygen atoms in total. The molecule has 1 heterocycles. The first-order valence-electron chi connectivity index (χ1n) is 12.0. The molecule has 1 rings (SSSR count). The number of pyridine rings is 1. The first-order valence-corrected chi connectivity index (χ1v) is 12.0. The van der Waals surface area contributed by atoms with E-state index >= 15 is 0 Å². The molecule has 0 radical (unpaired) electrons. The van der Waals surface area contributed by atoms with Crippen LogP contribution in [0.2, 0.25) is 0 Å². The molecule has 0 aliphatic rings. The Morgan fingerprint density at radius 1 is 0.971 bits per heavy atom. The lowest BCUT2D eigenvalue weighted by Gasteiger charge is -2.22. The third-order valence-electron chi connectivity index (χ3n) is 5.87. The summed E-state index contributed by atoms with van der Waals surface area (Å²) in [5.41, 5.74) is 6.39. The molecule has 1 aromatic rings. The predicted molar refractivity (Wildman–Crippen MR) is 143 cm³/mol. The van der Waals surface area contributed by atoms with Crippen molar-refractivity contribution in [1.82, 2.24) is 4.98 Å². The van der Waals surface area contributed by atoms with Gasteiger partial charge in [-0.3, -0.25) is 4.79 Å². The highest BCUT2D eigenvalue weighted by atomic mass is 16.5. The van der Waals surface area contributed by atoms with Crippen molar-refractivity contribution in [3.05, 3.63) is 68.1 Å². The number of hydrogen-bond acceptors (Lipinski definition) is 4. The summed E-state index contributed by atoms with van der Waals surface area (Å²) >= 11 is 0. The van der Waals surface area contributed by atoms with Crippen LogP contribution in [0.5, 0.6) is 11.6 Å². The Labute approximate surface area is 206 Å². The van der Waals surface area contributed by atoms with Crippen LogP contribution in [0.25, 0.3) is 0 Å². The maximum absolute atomic E-state index is 12.5. The van der Waals surface area contributed by atoms with Gasteiger partial charge in [0.1, 0.15) is 0 Å². The van der Waals surface area contributed by atoms with E-state index in [1.54, 1.807) is 7.11 Å². The smallest absolute Gasteiger partial charge is 0.238 e. The zero-order valence-corrected chi connectivity index (χ0v) is 23.1. The summed E-state index contributed by atoms with van der Waals surface area (Å²) in [4.78, 5) is 15.7. The van der Waals surface area contributed by atoms with E-state index in [9.17, 15) is 4.79 Å². The Bertz CT molecular complexity index is 992. The second kappa shape index (κ2) is 14.0. The maximum Gasteiger partial charge on any atom is 0.238 e. The van der Waals surface area contributed by atoms with E-state index in [-0.39, 0.29) is 23.2 Å². The van der Waals surface area contributed by atoms with Crippen molar-refractivity contribution in [2.45, 2.75) is 74.3 Å². The van der Waals surface area contributed by atoms with E-state index in [1.807, 2.05) is 6.92 Å². The van der Waals surface area contributed by atoms with Crippen LogP contribution in [-0.2, 0) is 11.2 Å². The summed E-state index contributed by atoms with van der Waals surface area (Å²) in [7, 11) is 4.78. The monoisotopic (exact) mass is 471 g/mol. The Morgan fingerprint density at radius 2 is 1.62 bits per heavy atom. The van der Waals surface area contributed by atoms with Crippen molar-refractivity contribution >= 4 is 0 Å². The van der Waals surface area contributed by atoms with Gasteiger partial charge in [-0.05, 0) is 52.5 Å². The minimum atomic E-state index is -0.141. The molecule has 34 heavy (non-hydrogen) atoms. The predicted octanol–water partition coefficient (Wildman–Crippen LogP) is 6.73. The number of aromatic amines is 1. The maximum atomic E-state index is 12.5. The summed E-state index contributed by atoms with van der Waals surface area (Å²) in [5.74, 6) is 1.36. The van der Waals surface area contributed by atoms with Crippen molar-refractivity contribution in [2.24, 2.45) is 11.8 Å². The van der Waals surface area contributed by atoms with Gasteiger partial charge in [0.15, 0.2) is 0 Å². The molecule has 0 bridgehead atoms. The normalized spacial score (nSPS) is 15.5. The van der Waals surface area contributed by atoms with Gasteiger partial charge in [0.05, 0.1) is 20.3 Å². The largest absolute Gasteiger partial charge is 0.488 e. The van der Waals surface area contributed by atoms with Crippen molar-refractivity contribution in [2.75, 3.05) is 21.3 Å². The molecule has 1 aromatic heterocycles. The van der Waals surface area contributed by atoms with E-state index in [2.05, 4.69) is 77.8 Å². The minimum absolute atomic E-state index is 0.0829. The number of nitrogens with one attached hydrogen (secondary N) is 1. The molecule has 0 saturated heterocycles. The van der Waals surface area contributed by atoms with Crippen LogP contribution in [0.1, 0.15) is 66.1 Å². The zero-order valence-electron chi connectivity index (χ0n) is 23.1. The SMILES string of the molecule is COc1[nH]c(CC=C(C)CC(C)=CC(C)=C[C@H](C)[C@H](OC)C(C)=CC(C)C)c(C)c(=O)c1OC. The Morgan fingerprint density at radius 3 is 2.15 bits per heavy atom. The summed E-state index contributed by atoms with van der Waals surface area (Å²) in [6, 6.07) is 0. The average molecular weight is 472 g/mol. The van der Waals surface area contributed by atoms with Crippen LogP contribution in [-0.4, -0.2) is 32.4 Å². The number of allylic oxidation sites excluding steroid dienone is 6. The van der Waals surface area contributed by atoms with Gasteiger partial charge in [0.25, 0.3) is 0 Å². The lowest BCUT2D eigenvalue weighted by atomic mass is 9.93. The van der Waals surface area contributed by atoms with Gasteiger partial charge in [-0.1, -0.05) is 61.8 Å². The molecule has 0 spiro atoms. The van der Waals surface area contributed by atoms with Crippen molar-refractivity contribution in [1.29, 1.82) is 0 Å². The minimum Gasteiger partial charge on any atom is -0.488 e. The number of rotatable bonds is 12. The fourth-order valence-electron chi connectivity index (χ4n) is 4.45. The second-order valence-corrected chi connectivity index (χ2v) is 9.63. The third kappa shape index (κ3) is 8.68. The summed E-state index contributed by atoms with van der Waals surface area (Å²) in [5, 5.41) is 0. The van der Waals surface area contributed by atoms with Crippen molar-refractivity contribution in [3.8, 4) is 11.6 Å². The van der Waals surface area contributed by atoms with Crippen LogP contribution >= 0.6 is 0 Å². The van der Waals surface area contributed by atoms with Gasteiger partial charge in [0.2, 0.25) is 17.1 Å². The summed E-state index contributed by atoms with van der Waals surface area (Å²) in [6.07, 6.45) is 10.5. The highest BCUT2D eigenvalue weighted by Gasteiger charge is 2.17. The lowest BCUT2D eigenvalue weighted by Crippen LogP contribution is -2.21. The van der Waals surface area contributed by atoms with Crippen molar-refractivity contribution < 1.29 is 14.2 Å². The molecule has 0 aromatic carbocycles. The third-order valence-corrected chi connectivity index (χ3v) is 5.87. The molecule has 190 valence electrons. The number of ether oxygens (including phenoxy) is 3. The number of aromatic nitrogens is 1. The zero-order chi connectivity index (χ0) is 26.0. The van der Waals surface area contributed by atoms with Gasteiger partial charge in [-0.15, -0.1) is 0 Å². The van der Waals surface area contributed by atoms with Gasteiger partial charge < -0.3 is 19.2 Å². The number of hydrogen-bond donors (Lipinski definition) is 1. The van der Waals surface area contributed by atoms with Crippen LogP contribution < -0.4 is 14.9 Å². The van der Waals surface area contributed by atoms with Gasteiger partial charge >= 0.3 is 0 Å². The first-order chi connectivity index (χ1) is 15.9. The van der Waals surface area contributed by atoms with Gasteiger partial charge in [-0.2, -0.15) is 0 Å². The average Bonchev–Trinajstić information content (AvgIpc) is 2.74. The molecule has 0 fully saturated rings. The Balaban J connectivity index is 2.95. The van der Waals surface area contributed by atoms with Gasteiger partial charge in [0, 0.05) is 30.7 Å². The molecule has 5 heteroatoms. The Kier molecular flexibility index (Phi) is 12.2. The quantitative estimate of drug-likeness (QED) is 0.271. The summed E-state index contributed by atoms with van der Waals surface area (Å²) in [6.45, 7) is 17.0. The van der Waals surface area contributed by atoms with E-state index in [4.69, 9.17) is 14.2 Å². The molecule has 0 saturated carbocycles. The molecule has 0 unspecified atom stereocenters. The molecular formula is C29H45NO4. The van der Waals surface area contributed by atoms with Crippen LogP contribution in [0.4, 0.5) is 0 Å². The summed E-state index contributed by atoms with van der Waals surface area (Å²) < 4.78 is 16.3.